The van der Waals surface area contributed by atoms with E-state index in [-0.39, 0.29) is 30.8 Å². The molecule has 0 atom stereocenters. The molecule has 3 N–H and O–H groups in total. The summed E-state index contributed by atoms with van der Waals surface area (Å²) in [5.41, 5.74) is 1.49. The molecule has 1 rings (SSSR count). The van der Waals surface area contributed by atoms with Crippen LogP contribution in [-0.2, 0) is 16.0 Å². The van der Waals surface area contributed by atoms with Gasteiger partial charge in [-0.25, -0.2) is 0 Å². The van der Waals surface area contributed by atoms with Crippen molar-refractivity contribution in [2.24, 2.45) is 0 Å². The molecule has 0 spiro atoms. The third-order valence-electron chi connectivity index (χ3n) is 2.59. The van der Waals surface area contributed by atoms with E-state index in [1.165, 1.54) is 0 Å². The quantitative estimate of drug-likeness (QED) is 0.714. The van der Waals surface area contributed by atoms with Crippen molar-refractivity contribution in [3.8, 4) is 0 Å². The first kappa shape index (κ1) is 15.2. The van der Waals surface area contributed by atoms with Gasteiger partial charge >= 0.3 is 0 Å². The Morgan fingerprint density at radius 1 is 1.16 bits per heavy atom. The van der Waals surface area contributed by atoms with E-state index in [4.69, 9.17) is 0 Å². The molecule has 5 nitrogen and oxygen atoms in total. The van der Waals surface area contributed by atoms with Gasteiger partial charge in [-0.1, -0.05) is 32.0 Å². The summed E-state index contributed by atoms with van der Waals surface area (Å²) in [7, 11) is 1.59. The predicted molar refractivity (Wildman–Crippen MR) is 76.0 cm³/mol. The van der Waals surface area contributed by atoms with Crippen molar-refractivity contribution in [2.45, 2.75) is 26.3 Å². The number of rotatable bonds is 6. The molecule has 2 amide bonds. The van der Waals surface area contributed by atoms with E-state index in [1.54, 1.807) is 13.1 Å². The molecule has 0 heterocycles. The summed E-state index contributed by atoms with van der Waals surface area (Å²) in [5, 5.41) is 8.43. The second-order valence-corrected chi connectivity index (χ2v) is 4.59. The number of likely N-dealkylation sites (N-methyl/N-ethyl adjacent to an activating group) is 1. The minimum atomic E-state index is -0.113. The summed E-state index contributed by atoms with van der Waals surface area (Å²) in [5.74, 6) is -0.194. The van der Waals surface area contributed by atoms with Crippen LogP contribution in [0.15, 0.2) is 24.3 Å². The zero-order valence-electron chi connectivity index (χ0n) is 11.6. The van der Waals surface area contributed by atoms with Gasteiger partial charge in [-0.2, -0.15) is 0 Å². The summed E-state index contributed by atoms with van der Waals surface area (Å²) < 4.78 is 0. The average Bonchev–Trinajstić information content (AvgIpc) is 2.38. The molecule has 5 heteroatoms. The number of benzene rings is 1. The van der Waals surface area contributed by atoms with Gasteiger partial charge in [0.2, 0.25) is 11.8 Å². The first-order valence-electron chi connectivity index (χ1n) is 6.34. The highest BCUT2D eigenvalue weighted by molar-refractivity contribution is 5.94. The normalized spacial score (nSPS) is 10.3. The lowest BCUT2D eigenvalue weighted by atomic mass is 10.1. The smallest absolute Gasteiger partial charge is 0.238 e. The van der Waals surface area contributed by atoms with Crippen molar-refractivity contribution in [3.63, 3.8) is 0 Å². The average molecular weight is 263 g/mol. The van der Waals surface area contributed by atoms with Crippen LogP contribution < -0.4 is 16.0 Å². The molecule has 0 saturated heterocycles. The van der Waals surface area contributed by atoms with Crippen LogP contribution in [0.4, 0.5) is 5.69 Å². The van der Waals surface area contributed by atoms with Crippen LogP contribution in [-0.4, -0.2) is 31.4 Å². The molecule has 0 aliphatic carbocycles. The van der Waals surface area contributed by atoms with Gasteiger partial charge in [0.05, 0.1) is 13.0 Å². The highest BCUT2D eigenvalue weighted by atomic mass is 16.2. The van der Waals surface area contributed by atoms with Crippen molar-refractivity contribution in [3.05, 3.63) is 29.8 Å². The number of carbonyl (C=O) groups excluding carboxylic acids is 2. The number of anilines is 1. The van der Waals surface area contributed by atoms with Crippen LogP contribution in [0, 0.1) is 0 Å². The second-order valence-electron chi connectivity index (χ2n) is 4.59. The SMILES string of the molecule is CNC(=O)Cc1ccccc1NC(=O)CNC(C)C. The molecular formula is C14H21N3O2. The van der Waals surface area contributed by atoms with Crippen LogP contribution in [0.2, 0.25) is 0 Å². The molecule has 104 valence electrons. The van der Waals surface area contributed by atoms with Gasteiger partial charge in [0.15, 0.2) is 0 Å². The van der Waals surface area contributed by atoms with Gasteiger partial charge in [-0.05, 0) is 11.6 Å². The molecule has 1 aromatic carbocycles. The Hall–Kier alpha value is -1.88. The third-order valence-corrected chi connectivity index (χ3v) is 2.59. The molecule has 19 heavy (non-hydrogen) atoms. The van der Waals surface area contributed by atoms with Gasteiger partial charge in [-0.15, -0.1) is 0 Å². The van der Waals surface area contributed by atoms with E-state index in [9.17, 15) is 9.59 Å². The van der Waals surface area contributed by atoms with E-state index in [2.05, 4.69) is 16.0 Å². The number of hydrogen-bond donors (Lipinski definition) is 3. The van der Waals surface area contributed by atoms with Crippen LogP contribution >= 0.6 is 0 Å². The highest BCUT2D eigenvalue weighted by Gasteiger charge is 2.09. The molecule has 0 unspecified atom stereocenters. The molecule has 0 aromatic heterocycles. The topological polar surface area (TPSA) is 70.2 Å². The molecule has 0 saturated carbocycles. The van der Waals surface area contributed by atoms with E-state index in [0.717, 1.165) is 5.56 Å². The maximum atomic E-state index is 11.8. The molecule has 0 aliphatic heterocycles. The zero-order valence-corrected chi connectivity index (χ0v) is 11.6. The summed E-state index contributed by atoms with van der Waals surface area (Å²) in [6, 6.07) is 7.57. The van der Waals surface area contributed by atoms with Crippen LogP contribution in [0.1, 0.15) is 19.4 Å². The van der Waals surface area contributed by atoms with Gasteiger partial charge in [-0.3, -0.25) is 9.59 Å². The van der Waals surface area contributed by atoms with Crippen molar-refractivity contribution >= 4 is 17.5 Å². The number of nitrogens with one attached hydrogen (secondary N) is 3. The minimum absolute atomic E-state index is 0.0815. The van der Waals surface area contributed by atoms with E-state index in [0.29, 0.717) is 5.69 Å². The van der Waals surface area contributed by atoms with E-state index < -0.39 is 0 Å². The monoisotopic (exact) mass is 263 g/mol. The van der Waals surface area contributed by atoms with Crippen molar-refractivity contribution in [1.82, 2.24) is 10.6 Å². The lowest BCUT2D eigenvalue weighted by molar-refractivity contribution is -0.120. The van der Waals surface area contributed by atoms with Crippen molar-refractivity contribution < 1.29 is 9.59 Å². The Balaban J connectivity index is 2.67. The molecule has 0 aliphatic rings. The van der Waals surface area contributed by atoms with Gasteiger partial charge in [0.1, 0.15) is 0 Å². The Bertz CT molecular complexity index is 444. The first-order valence-corrected chi connectivity index (χ1v) is 6.34. The molecule has 0 bridgehead atoms. The van der Waals surface area contributed by atoms with Gasteiger partial charge < -0.3 is 16.0 Å². The van der Waals surface area contributed by atoms with Gasteiger partial charge in [0.25, 0.3) is 0 Å². The fourth-order valence-electron chi connectivity index (χ4n) is 1.55. The van der Waals surface area contributed by atoms with Crippen LogP contribution in [0.25, 0.3) is 0 Å². The van der Waals surface area contributed by atoms with E-state index >= 15 is 0 Å². The maximum absolute atomic E-state index is 11.8. The standard InChI is InChI=1S/C14H21N3O2/c1-10(2)16-9-14(19)17-12-7-5-4-6-11(12)8-13(18)15-3/h4-7,10,16H,8-9H2,1-3H3,(H,15,18)(H,17,19). The zero-order chi connectivity index (χ0) is 14.3. The first-order chi connectivity index (χ1) is 9.02. The lowest BCUT2D eigenvalue weighted by Gasteiger charge is -2.12. The van der Waals surface area contributed by atoms with Crippen molar-refractivity contribution in [2.75, 3.05) is 18.9 Å². The fraction of sp³-hybridized carbons (Fsp3) is 0.429. The molecule has 0 radical (unpaired) electrons. The Morgan fingerprint density at radius 3 is 2.47 bits per heavy atom. The molecule has 0 fully saturated rings. The molecule has 1 aromatic rings. The largest absolute Gasteiger partial charge is 0.359 e. The third kappa shape index (κ3) is 5.52. The lowest BCUT2D eigenvalue weighted by Crippen LogP contribution is -2.33. The predicted octanol–water partition coefficient (Wildman–Crippen LogP) is 0.912. The maximum Gasteiger partial charge on any atom is 0.238 e. The summed E-state index contributed by atoms with van der Waals surface area (Å²) in [6.07, 6.45) is 0.255. The second kappa shape index (κ2) is 7.53. The summed E-state index contributed by atoms with van der Waals surface area (Å²) >= 11 is 0. The summed E-state index contributed by atoms with van der Waals surface area (Å²) in [6.45, 7) is 4.21. The molecular weight excluding hydrogens is 242 g/mol. The number of hydrogen-bond acceptors (Lipinski definition) is 3. The Kier molecular flexibility index (Phi) is 6.02. The van der Waals surface area contributed by atoms with Gasteiger partial charge in [0, 0.05) is 18.8 Å². The highest BCUT2D eigenvalue weighted by Crippen LogP contribution is 2.15. The number of para-hydroxylation sites is 1. The summed E-state index contributed by atoms with van der Waals surface area (Å²) in [4.78, 5) is 23.1. The number of carbonyl (C=O) groups is 2. The van der Waals surface area contributed by atoms with Crippen molar-refractivity contribution in [1.29, 1.82) is 0 Å². The minimum Gasteiger partial charge on any atom is -0.359 e. The Morgan fingerprint density at radius 2 is 1.84 bits per heavy atom. The van der Waals surface area contributed by atoms with Crippen LogP contribution in [0.5, 0.6) is 0 Å². The Labute approximate surface area is 113 Å². The number of amides is 2. The fourth-order valence-corrected chi connectivity index (χ4v) is 1.55. The van der Waals surface area contributed by atoms with Crippen LogP contribution in [0.3, 0.4) is 0 Å². The van der Waals surface area contributed by atoms with E-state index in [1.807, 2.05) is 32.0 Å².